The molecular formula is C15H23BrN2O2S. The molecule has 21 heavy (non-hydrogen) atoms. The van der Waals surface area contributed by atoms with E-state index in [0.29, 0.717) is 29.9 Å². The van der Waals surface area contributed by atoms with Crippen molar-refractivity contribution in [2.24, 2.45) is 5.92 Å². The van der Waals surface area contributed by atoms with Gasteiger partial charge in [-0.1, -0.05) is 29.8 Å². The number of nitrogens with zero attached hydrogens (tertiary/aromatic N) is 1. The predicted octanol–water partition coefficient (Wildman–Crippen LogP) is 2.85. The van der Waals surface area contributed by atoms with Gasteiger partial charge in [-0.15, -0.1) is 0 Å². The van der Waals surface area contributed by atoms with Gasteiger partial charge in [-0.05, 0) is 49.6 Å². The number of hydrogen-bond donors (Lipinski definition) is 1. The third kappa shape index (κ3) is 4.52. The Labute approximate surface area is 136 Å². The third-order valence-electron chi connectivity index (χ3n) is 3.75. The van der Waals surface area contributed by atoms with Crippen LogP contribution < -0.4 is 5.32 Å². The molecule has 1 unspecified atom stereocenters. The molecule has 1 heterocycles. The first-order valence-electron chi connectivity index (χ1n) is 7.38. The standard InChI is InChI=1S/C15H23BrN2O2S/c1-12(2)17-10-13-4-3-9-18(11-13)21(19,20)15-7-5-14(16)6-8-15/h5-8,12-13,17H,3-4,9-11H2,1-2H3. The van der Waals surface area contributed by atoms with Crippen LogP contribution in [0.3, 0.4) is 0 Å². The van der Waals surface area contributed by atoms with Gasteiger partial charge < -0.3 is 5.32 Å². The second kappa shape index (κ2) is 7.22. The predicted molar refractivity (Wildman–Crippen MR) is 88.8 cm³/mol. The highest BCUT2D eigenvalue weighted by Crippen LogP contribution is 2.24. The smallest absolute Gasteiger partial charge is 0.243 e. The van der Waals surface area contributed by atoms with E-state index < -0.39 is 10.0 Å². The van der Waals surface area contributed by atoms with Crippen molar-refractivity contribution in [3.8, 4) is 0 Å². The second-order valence-electron chi connectivity index (χ2n) is 5.89. The number of hydrogen-bond acceptors (Lipinski definition) is 3. The minimum Gasteiger partial charge on any atom is -0.314 e. The van der Waals surface area contributed by atoms with Crippen LogP contribution in [0.15, 0.2) is 33.6 Å². The van der Waals surface area contributed by atoms with Crippen molar-refractivity contribution < 1.29 is 8.42 Å². The van der Waals surface area contributed by atoms with Crippen LogP contribution in [0.2, 0.25) is 0 Å². The zero-order valence-corrected chi connectivity index (χ0v) is 15.0. The number of rotatable bonds is 5. The first-order valence-corrected chi connectivity index (χ1v) is 9.62. The van der Waals surface area contributed by atoms with Crippen LogP contribution >= 0.6 is 15.9 Å². The van der Waals surface area contributed by atoms with E-state index in [1.807, 2.05) is 0 Å². The Kier molecular flexibility index (Phi) is 5.82. The lowest BCUT2D eigenvalue weighted by atomic mass is 9.99. The first-order chi connectivity index (χ1) is 9.89. The van der Waals surface area contributed by atoms with E-state index in [4.69, 9.17) is 0 Å². The minimum atomic E-state index is -3.37. The summed E-state index contributed by atoms with van der Waals surface area (Å²) in [5.74, 6) is 0.395. The van der Waals surface area contributed by atoms with Gasteiger partial charge in [0.25, 0.3) is 0 Å². The Bertz CT molecular complexity index is 558. The second-order valence-corrected chi connectivity index (χ2v) is 8.74. The molecular weight excluding hydrogens is 352 g/mol. The van der Waals surface area contributed by atoms with Gasteiger partial charge in [0.2, 0.25) is 10.0 Å². The average Bonchev–Trinajstić information content (AvgIpc) is 2.46. The summed E-state index contributed by atoms with van der Waals surface area (Å²) >= 11 is 3.34. The van der Waals surface area contributed by atoms with Crippen LogP contribution in [0.25, 0.3) is 0 Å². The summed E-state index contributed by atoms with van der Waals surface area (Å²) in [5, 5.41) is 3.41. The lowest BCUT2D eigenvalue weighted by Gasteiger charge is -2.32. The first kappa shape index (κ1) is 16.9. The fourth-order valence-corrected chi connectivity index (χ4v) is 4.39. The van der Waals surface area contributed by atoms with Crippen LogP contribution in [-0.4, -0.2) is 38.4 Å². The molecule has 0 bridgehead atoms. The maximum absolute atomic E-state index is 12.7. The van der Waals surface area contributed by atoms with Gasteiger partial charge in [0, 0.05) is 23.6 Å². The fourth-order valence-electron chi connectivity index (χ4n) is 2.57. The Morgan fingerprint density at radius 1 is 1.33 bits per heavy atom. The summed E-state index contributed by atoms with van der Waals surface area (Å²) in [6.45, 7) is 6.33. The highest BCUT2D eigenvalue weighted by molar-refractivity contribution is 9.10. The SMILES string of the molecule is CC(C)NCC1CCCN(S(=O)(=O)c2ccc(Br)cc2)C1. The monoisotopic (exact) mass is 374 g/mol. The Morgan fingerprint density at radius 2 is 2.00 bits per heavy atom. The normalized spacial score (nSPS) is 20.9. The van der Waals surface area contributed by atoms with Crippen LogP contribution in [-0.2, 0) is 10.0 Å². The molecule has 1 atom stereocenters. The van der Waals surface area contributed by atoms with Gasteiger partial charge >= 0.3 is 0 Å². The van der Waals surface area contributed by atoms with Gasteiger partial charge in [-0.3, -0.25) is 0 Å². The topological polar surface area (TPSA) is 49.4 Å². The van der Waals surface area contributed by atoms with Crippen molar-refractivity contribution >= 4 is 26.0 Å². The summed E-state index contributed by atoms with van der Waals surface area (Å²) in [6.07, 6.45) is 2.02. The number of nitrogens with one attached hydrogen (secondary N) is 1. The lowest BCUT2D eigenvalue weighted by molar-refractivity contribution is 0.256. The fraction of sp³-hybridized carbons (Fsp3) is 0.600. The quantitative estimate of drug-likeness (QED) is 0.861. The number of halogens is 1. The minimum absolute atomic E-state index is 0.378. The maximum Gasteiger partial charge on any atom is 0.243 e. The Hall–Kier alpha value is -0.430. The summed E-state index contributed by atoms with van der Waals surface area (Å²) in [4.78, 5) is 0.378. The van der Waals surface area contributed by atoms with E-state index in [1.54, 1.807) is 28.6 Å². The largest absolute Gasteiger partial charge is 0.314 e. The summed E-state index contributed by atoms with van der Waals surface area (Å²) in [7, 11) is -3.37. The maximum atomic E-state index is 12.7. The number of piperidine rings is 1. The van der Waals surface area contributed by atoms with Crippen LogP contribution in [0.1, 0.15) is 26.7 Å². The van der Waals surface area contributed by atoms with E-state index in [2.05, 4.69) is 35.1 Å². The van der Waals surface area contributed by atoms with Gasteiger partial charge in [0.05, 0.1) is 4.90 Å². The van der Waals surface area contributed by atoms with Crippen molar-refractivity contribution in [3.63, 3.8) is 0 Å². The molecule has 1 aliphatic heterocycles. The molecule has 0 aliphatic carbocycles. The molecule has 1 aromatic rings. The van der Waals surface area contributed by atoms with Crippen LogP contribution in [0.4, 0.5) is 0 Å². The molecule has 1 aliphatic rings. The zero-order valence-electron chi connectivity index (χ0n) is 12.5. The molecule has 1 saturated heterocycles. The number of sulfonamides is 1. The van der Waals surface area contributed by atoms with Crippen LogP contribution in [0, 0.1) is 5.92 Å². The molecule has 1 N–H and O–H groups in total. The van der Waals surface area contributed by atoms with Gasteiger partial charge in [-0.25, -0.2) is 8.42 Å². The summed E-state index contributed by atoms with van der Waals surface area (Å²) < 4.78 is 27.9. The van der Waals surface area contributed by atoms with E-state index >= 15 is 0 Å². The lowest BCUT2D eigenvalue weighted by Crippen LogP contribution is -2.43. The Balaban J connectivity index is 2.07. The molecule has 1 fully saturated rings. The molecule has 2 rings (SSSR count). The molecule has 4 nitrogen and oxygen atoms in total. The molecule has 0 aromatic heterocycles. The molecule has 0 amide bonds. The molecule has 118 valence electrons. The highest BCUT2D eigenvalue weighted by Gasteiger charge is 2.30. The van der Waals surface area contributed by atoms with E-state index in [9.17, 15) is 8.42 Å². The average molecular weight is 375 g/mol. The van der Waals surface area contributed by atoms with Gasteiger partial charge in [-0.2, -0.15) is 4.31 Å². The molecule has 0 spiro atoms. The number of benzene rings is 1. The molecule has 6 heteroatoms. The third-order valence-corrected chi connectivity index (χ3v) is 6.16. The van der Waals surface area contributed by atoms with Crippen molar-refractivity contribution in [2.45, 2.75) is 37.6 Å². The van der Waals surface area contributed by atoms with Gasteiger partial charge in [0.15, 0.2) is 0 Å². The van der Waals surface area contributed by atoms with Crippen molar-refractivity contribution in [1.29, 1.82) is 0 Å². The van der Waals surface area contributed by atoms with Crippen molar-refractivity contribution in [1.82, 2.24) is 9.62 Å². The summed E-state index contributed by atoms with van der Waals surface area (Å²) in [5.41, 5.74) is 0. The highest BCUT2D eigenvalue weighted by atomic mass is 79.9. The molecule has 0 radical (unpaired) electrons. The Morgan fingerprint density at radius 3 is 2.62 bits per heavy atom. The van der Waals surface area contributed by atoms with Crippen molar-refractivity contribution in [2.75, 3.05) is 19.6 Å². The van der Waals surface area contributed by atoms with Gasteiger partial charge in [0.1, 0.15) is 0 Å². The van der Waals surface area contributed by atoms with E-state index in [0.717, 1.165) is 23.9 Å². The molecule has 0 saturated carbocycles. The molecule has 1 aromatic carbocycles. The van der Waals surface area contributed by atoms with E-state index in [-0.39, 0.29) is 0 Å². The van der Waals surface area contributed by atoms with Crippen LogP contribution in [0.5, 0.6) is 0 Å². The van der Waals surface area contributed by atoms with Crippen molar-refractivity contribution in [3.05, 3.63) is 28.7 Å². The zero-order chi connectivity index (χ0) is 15.5. The summed E-state index contributed by atoms with van der Waals surface area (Å²) in [6, 6.07) is 7.30. The van der Waals surface area contributed by atoms with E-state index in [1.165, 1.54) is 0 Å².